The molecule has 1 aromatic carbocycles. The molecule has 18 heavy (non-hydrogen) atoms. The Morgan fingerprint density at radius 2 is 1.94 bits per heavy atom. The smallest absolute Gasteiger partial charge is 0.223 e. The lowest BCUT2D eigenvalue weighted by Crippen LogP contribution is -2.26. The normalized spacial score (nSPS) is 11.2. The minimum absolute atomic E-state index is 0.0260. The van der Waals surface area contributed by atoms with Gasteiger partial charge in [-0.1, -0.05) is 12.1 Å². The van der Waals surface area contributed by atoms with E-state index < -0.39 is 0 Å². The average Bonchev–Trinajstić information content (AvgIpc) is 2.81. The molecule has 8 nitrogen and oxygen atoms in total. The Morgan fingerprint density at radius 1 is 1.17 bits per heavy atom. The van der Waals surface area contributed by atoms with Crippen molar-refractivity contribution in [1.29, 1.82) is 0 Å². The van der Waals surface area contributed by atoms with Gasteiger partial charge in [-0.05, 0) is 12.1 Å². The number of hydrogen-bond donors (Lipinski definition) is 4. The molecule has 0 saturated heterocycles. The Labute approximate surface area is 103 Å². The number of aliphatic imine (C=N–C) groups is 2. The Hall–Kier alpha value is -2.90. The van der Waals surface area contributed by atoms with Gasteiger partial charge in [-0.3, -0.25) is 5.10 Å². The van der Waals surface area contributed by atoms with Crippen LogP contribution in [0.1, 0.15) is 0 Å². The molecule has 2 rings (SSSR count). The largest absolute Gasteiger partial charge is 0.370 e. The Bertz CT molecular complexity index is 580. The molecule has 1 aromatic heterocycles. The zero-order valence-electron chi connectivity index (χ0n) is 9.41. The fourth-order valence-corrected chi connectivity index (χ4v) is 1.39. The summed E-state index contributed by atoms with van der Waals surface area (Å²) in [6, 6.07) is 7.28. The number of benzene rings is 1. The van der Waals surface area contributed by atoms with E-state index in [-0.39, 0.29) is 11.9 Å². The zero-order chi connectivity index (χ0) is 13.0. The lowest BCUT2D eigenvalue weighted by Gasteiger charge is -2.02. The van der Waals surface area contributed by atoms with Gasteiger partial charge >= 0.3 is 0 Å². The molecular formula is C10H12N8. The fraction of sp³-hybridized carbons (Fsp3) is 0. The van der Waals surface area contributed by atoms with Gasteiger partial charge in [-0.15, -0.1) is 0 Å². The number of rotatable bonds is 2. The minimum Gasteiger partial charge on any atom is -0.370 e. The molecular weight excluding hydrogens is 232 g/mol. The van der Waals surface area contributed by atoms with Crippen molar-refractivity contribution in [2.24, 2.45) is 27.2 Å². The van der Waals surface area contributed by atoms with E-state index >= 15 is 0 Å². The third kappa shape index (κ3) is 2.61. The van der Waals surface area contributed by atoms with Gasteiger partial charge in [0.15, 0.2) is 11.8 Å². The second-order valence-electron chi connectivity index (χ2n) is 3.36. The predicted octanol–water partition coefficient (Wildman–Crippen LogP) is -0.309. The lowest BCUT2D eigenvalue weighted by atomic mass is 10.2. The van der Waals surface area contributed by atoms with E-state index in [0.29, 0.717) is 11.5 Å². The summed E-state index contributed by atoms with van der Waals surface area (Å²) in [6.07, 6.45) is 1.41. The second-order valence-corrected chi connectivity index (χ2v) is 3.36. The lowest BCUT2D eigenvalue weighted by molar-refractivity contribution is 1.09. The highest BCUT2D eigenvalue weighted by molar-refractivity contribution is 5.94. The molecule has 7 N–H and O–H groups in total. The molecule has 0 saturated carbocycles. The number of H-pyrrole nitrogens is 1. The second kappa shape index (κ2) is 4.95. The summed E-state index contributed by atoms with van der Waals surface area (Å²) >= 11 is 0. The van der Waals surface area contributed by atoms with Gasteiger partial charge in [0, 0.05) is 5.56 Å². The Morgan fingerprint density at radius 3 is 2.61 bits per heavy atom. The highest BCUT2D eigenvalue weighted by Crippen LogP contribution is 2.26. The summed E-state index contributed by atoms with van der Waals surface area (Å²) in [7, 11) is 0. The summed E-state index contributed by atoms with van der Waals surface area (Å²) < 4.78 is 0. The molecule has 0 aliphatic carbocycles. The first kappa shape index (κ1) is 11.6. The molecule has 0 fully saturated rings. The Kier molecular flexibility index (Phi) is 3.19. The zero-order valence-corrected chi connectivity index (χ0v) is 9.41. The van der Waals surface area contributed by atoms with Crippen LogP contribution in [0.15, 0.2) is 40.6 Å². The predicted molar refractivity (Wildman–Crippen MR) is 68.9 cm³/mol. The molecule has 0 radical (unpaired) electrons. The fourth-order valence-electron chi connectivity index (χ4n) is 1.39. The molecule has 0 spiro atoms. The quantitative estimate of drug-likeness (QED) is 0.423. The molecule has 0 aliphatic rings. The van der Waals surface area contributed by atoms with Crippen LogP contribution in [-0.2, 0) is 0 Å². The first-order chi connectivity index (χ1) is 8.66. The molecule has 0 unspecified atom stereocenters. The maximum absolute atomic E-state index is 5.59. The number of hydrogen-bond acceptors (Lipinski definition) is 3. The van der Waals surface area contributed by atoms with E-state index in [9.17, 15) is 0 Å². The molecule has 8 heteroatoms. The van der Waals surface area contributed by atoms with Crippen molar-refractivity contribution in [2.45, 2.75) is 0 Å². The number of nitrogens with one attached hydrogen (secondary N) is 1. The molecule has 0 aliphatic heterocycles. The first-order valence-corrected chi connectivity index (χ1v) is 5.05. The van der Waals surface area contributed by atoms with E-state index in [1.54, 1.807) is 6.07 Å². The van der Waals surface area contributed by atoms with Crippen molar-refractivity contribution in [3.8, 4) is 11.4 Å². The monoisotopic (exact) mass is 244 g/mol. The summed E-state index contributed by atoms with van der Waals surface area (Å²) in [6.45, 7) is 0. The average molecular weight is 244 g/mol. The van der Waals surface area contributed by atoms with Gasteiger partial charge in [0.25, 0.3) is 0 Å². The topological polar surface area (TPSA) is 144 Å². The maximum Gasteiger partial charge on any atom is 0.223 e. The number of para-hydroxylation sites is 1. The third-order valence-corrected chi connectivity index (χ3v) is 2.05. The summed E-state index contributed by atoms with van der Waals surface area (Å²) in [4.78, 5) is 11.8. The number of nitrogens with two attached hydrogens (primary N) is 3. The van der Waals surface area contributed by atoms with E-state index in [1.165, 1.54) is 6.33 Å². The van der Waals surface area contributed by atoms with Gasteiger partial charge in [0.1, 0.15) is 6.33 Å². The van der Waals surface area contributed by atoms with Crippen LogP contribution in [0.4, 0.5) is 5.69 Å². The molecule has 0 bridgehead atoms. The van der Waals surface area contributed by atoms with Gasteiger partial charge in [-0.25, -0.2) is 9.98 Å². The summed E-state index contributed by atoms with van der Waals surface area (Å²) in [5, 5.41) is 6.54. The number of guanidine groups is 2. The van der Waals surface area contributed by atoms with Crippen LogP contribution >= 0.6 is 0 Å². The van der Waals surface area contributed by atoms with E-state index in [2.05, 4.69) is 25.2 Å². The molecule has 0 atom stereocenters. The van der Waals surface area contributed by atoms with E-state index in [4.69, 9.17) is 17.2 Å². The number of aromatic nitrogens is 3. The van der Waals surface area contributed by atoms with Crippen molar-refractivity contribution in [2.75, 3.05) is 0 Å². The summed E-state index contributed by atoms with van der Waals surface area (Å²) in [5.41, 5.74) is 17.4. The highest BCUT2D eigenvalue weighted by atomic mass is 15.2. The number of aromatic amines is 1. The molecule has 2 aromatic rings. The minimum atomic E-state index is -0.145. The van der Waals surface area contributed by atoms with Gasteiger partial charge in [0.2, 0.25) is 5.96 Å². The van der Waals surface area contributed by atoms with Crippen molar-refractivity contribution >= 4 is 17.6 Å². The van der Waals surface area contributed by atoms with Crippen LogP contribution in [0.5, 0.6) is 0 Å². The van der Waals surface area contributed by atoms with Crippen molar-refractivity contribution in [3.05, 3.63) is 30.6 Å². The van der Waals surface area contributed by atoms with Crippen LogP contribution in [0.3, 0.4) is 0 Å². The van der Waals surface area contributed by atoms with Crippen molar-refractivity contribution in [3.63, 3.8) is 0 Å². The highest BCUT2D eigenvalue weighted by Gasteiger charge is 2.06. The maximum atomic E-state index is 5.59. The first-order valence-electron chi connectivity index (χ1n) is 5.05. The van der Waals surface area contributed by atoms with Crippen LogP contribution < -0.4 is 17.2 Å². The standard InChI is InChI=1S/C10H12N8/c11-9(12)17-10(13)16-7-4-2-1-3-6(7)8-14-5-15-18-8/h1-5H,(H,14,15,18)(H6,11,12,13,16,17). The molecule has 1 heterocycles. The van der Waals surface area contributed by atoms with Crippen LogP contribution in [0.2, 0.25) is 0 Å². The van der Waals surface area contributed by atoms with E-state index in [1.807, 2.05) is 18.2 Å². The van der Waals surface area contributed by atoms with Crippen LogP contribution in [0.25, 0.3) is 11.4 Å². The van der Waals surface area contributed by atoms with Crippen molar-refractivity contribution in [1.82, 2.24) is 15.2 Å². The SMILES string of the molecule is NC(N)=NC(N)=Nc1ccccc1-c1ncn[nH]1. The number of nitrogens with zero attached hydrogens (tertiary/aromatic N) is 4. The van der Waals surface area contributed by atoms with E-state index in [0.717, 1.165) is 5.56 Å². The summed E-state index contributed by atoms with van der Waals surface area (Å²) in [5.74, 6) is 0.419. The van der Waals surface area contributed by atoms with Crippen LogP contribution in [-0.4, -0.2) is 27.1 Å². The molecule has 0 amide bonds. The third-order valence-electron chi connectivity index (χ3n) is 2.05. The van der Waals surface area contributed by atoms with Gasteiger partial charge in [-0.2, -0.15) is 10.1 Å². The van der Waals surface area contributed by atoms with Gasteiger partial charge in [0.05, 0.1) is 5.69 Å². The van der Waals surface area contributed by atoms with Crippen molar-refractivity contribution < 1.29 is 0 Å². The Balaban J connectivity index is 2.43. The van der Waals surface area contributed by atoms with Crippen LogP contribution in [0, 0.1) is 0 Å². The van der Waals surface area contributed by atoms with Gasteiger partial charge < -0.3 is 17.2 Å². The molecule has 92 valence electrons.